The van der Waals surface area contributed by atoms with Gasteiger partial charge in [-0.05, 0) is 37.0 Å². The van der Waals surface area contributed by atoms with E-state index in [-0.39, 0.29) is 16.5 Å². The number of carbonyl (C=O) groups is 3. The van der Waals surface area contributed by atoms with E-state index in [1.165, 1.54) is 38.4 Å². The van der Waals surface area contributed by atoms with Crippen LogP contribution in [-0.4, -0.2) is 57.4 Å². The number of amides is 3. The number of urea groups is 1. The second-order valence-corrected chi connectivity index (χ2v) is 9.43. The monoisotopic (exact) mass is 425 g/mol. The predicted molar refractivity (Wildman–Crippen MR) is 106 cm³/mol. The first-order valence-corrected chi connectivity index (χ1v) is 10.9. The van der Waals surface area contributed by atoms with Crippen LogP contribution in [-0.2, 0) is 19.6 Å². The highest BCUT2D eigenvalue weighted by molar-refractivity contribution is 7.89. The van der Waals surface area contributed by atoms with Gasteiger partial charge in [0.2, 0.25) is 10.0 Å². The Balaban J connectivity index is 1.87. The first-order chi connectivity index (χ1) is 13.6. The fraction of sp³-hybridized carbons (Fsp3) is 0.526. The van der Waals surface area contributed by atoms with Crippen molar-refractivity contribution in [1.82, 2.24) is 14.9 Å². The van der Waals surface area contributed by atoms with Gasteiger partial charge in [0.25, 0.3) is 5.91 Å². The molecule has 2 atom stereocenters. The van der Waals surface area contributed by atoms with E-state index in [1.54, 1.807) is 0 Å². The molecular formula is C19H27N3O6S. The lowest BCUT2D eigenvalue weighted by molar-refractivity contribution is -0.123. The Kier molecular flexibility index (Phi) is 7.74. The highest BCUT2D eigenvalue weighted by atomic mass is 32.2. The van der Waals surface area contributed by atoms with Gasteiger partial charge in [-0.25, -0.2) is 22.3 Å². The zero-order valence-electron chi connectivity index (χ0n) is 16.8. The van der Waals surface area contributed by atoms with Gasteiger partial charge in [0.05, 0.1) is 10.5 Å². The molecule has 10 heteroatoms. The van der Waals surface area contributed by atoms with Crippen molar-refractivity contribution in [1.29, 1.82) is 0 Å². The molecule has 0 spiro atoms. The number of hydrogen-bond donors (Lipinski definition) is 2. The molecule has 2 N–H and O–H groups in total. The second-order valence-electron chi connectivity index (χ2n) is 7.28. The number of ether oxygens (including phenoxy) is 1. The number of esters is 1. The molecule has 0 unspecified atom stereocenters. The maximum absolute atomic E-state index is 12.1. The maximum atomic E-state index is 12.1. The number of nitrogens with one attached hydrogen (secondary N) is 2. The van der Waals surface area contributed by atoms with Crippen LogP contribution < -0.4 is 10.6 Å². The van der Waals surface area contributed by atoms with Crippen LogP contribution in [0, 0.1) is 5.92 Å². The van der Waals surface area contributed by atoms with Crippen LogP contribution in [0.1, 0.15) is 43.0 Å². The molecule has 1 aromatic carbocycles. The number of imide groups is 1. The highest BCUT2D eigenvalue weighted by Crippen LogP contribution is 2.23. The van der Waals surface area contributed by atoms with Gasteiger partial charge < -0.3 is 10.1 Å². The van der Waals surface area contributed by atoms with Gasteiger partial charge in [0.15, 0.2) is 6.61 Å². The highest BCUT2D eigenvalue weighted by Gasteiger charge is 2.24. The normalized spacial score (nSPS) is 19.4. The van der Waals surface area contributed by atoms with Crippen LogP contribution in [0.2, 0.25) is 0 Å². The van der Waals surface area contributed by atoms with Crippen molar-refractivity contribution in [2.45, 2.75) is 43.5 Å². The first kappa shape index (κ1) is 22.8. The summed E-state index contributed by atoms with van der Waals surface area (Å²) in [5.74, 6) is -1.29. The number of hydrogen-bond acceptors (Lipinski definition) is 6. The minimum atomic E-state index is -3.71. The number of carbonyl (C=O) groups excluding carboxylic acids is 3. The van der Waals surface area contributed by atoms with Crippen molar-refractivity contribution in [3.05, 3.63) is 29.8 Å². The molecule has 3 amide bonds. The van der Waals surface area contributed by atoms with Crippen LogP contribution in [0.15, 0.2) is 29.2 Å². The fourth-order valence-electron chi connectivity index (χ4n) is 3.11. The minimum Gasteiger partial charge on any atom is -0.452 e. The smallest absolute Gasteiger partial charge is 0.338 e. The molecule has 0 heterocycles. The standard InChI is InChI=1S/C19H27N3O6S/c1-13-7-4-5-10-16(13)20-19(25)21-17(23)12-28-18(24)14-8-6-9-15(11-14)29(26,27)22(2)3/h6,8-9,11,13,16H,4-5,7,10,12H2,1-3H3,(H2,20,21,23,25)/t13-,16+/m0/s1. The van der Waals surface area contributed by atoms with Gasteiger partial charge in [-0.1, -0.05) is 25.8 Å². The van der Waals surface area contributed by atoms with Crippen molar-refractivity contribution in [2.24, 2.45) is 5.92 Å². The van der Waals surface area contributed by atoms with Gasteiger partial charge in [-0.15, -0.1) is 0 Å². The summed E-state index contributed by atoms with van der Waals surface area (Å²) in [6.45, 7) is 1.40. The summed E-state index contributed by atoms with van der Waals surface area (Å²) >= 11 is 0. The molecule has 1 aromatic rings. The third kappa shape index (κ3) is 6.26. The molecule has 9 nitrogen and oxygen atoms in total. The van der Waals surface area contributed by atoms with E-state index in [1.807, 2.05) is 0 Å². The van der Waals surface area contributed by atoms with Crippen LogP contribution >= 0.6 is 0 Å². The first-order valence-electron chi connectivity index (χ1n) is 9.41. The van der Waals surface area contributed by atoms with Crippen LogP contribution in [0.5, 0.6) is 0 Å². The van der Waals surface area contributed by atoms with Gasteiger partial charge in [-0.2, -0.15) is 0 Å². The molecule has 1 saturated carbocycles. The SMILES string of the molecule is C[C@H]1CCCC[C@H]1NC(=O)NC(=O)COC(=O)c1cccc(S(=O)(=O)N(C)C)c1. The van der Waals surface area contributed by atoms with E-state index in [0.29, 0.717) is 5.92 Å². The van der Waals surface area contributed by atoms with Crippen LogP contribution in [0.3, 0.4) is 0 Å². The lowest BCUT2D eigenvalue weighted by Gasteiger charge is -2.29. The Hall–Kier alpha value is -2.46. The van der Waals surface area contributed by atoms with Crippen LogP contribution in [0.25, 0.3) is 0 Å². The Labute approximate surface area is 170 Å². The molecule has 2 rings (SSSR count). The maximum Gasteiger partial charge on any atom is 0.338 e. The van der Waals surface area contributed by atoms with Gasteiger partial charge in [0, 0.05) is 20.1 Å². The number of nitrogens with zero attached hydrogens (tertiary/aromatic N) is 1. The Bertz CT molecular complexity index is 868. The third-order valence-electron chi connectivity index (χ3n) is 4.86. The number of benzene rings is 1. The summed E-state index contributed by atoms with van der Waals surface area (Å²) in [6, 6.07) is 4.71. The molecule has 0 aliphatic heterocycles. The van der Waals surface area contributed by atoms with E-state index in [4.69, 9.17) is 4.74 Å². The lowest BCUT2D eigenvalue weighted by atomic mass is 9.86. The van der Waals surface area contributed by atoms with Crippen molar-refractivity contribution < 1.29 is 27.5 Å². The van der Waals surface area contributed by atoms with Gasteiger partial charge >= 0.3 is 12.0 Å². The topological polar surface area (TPSA) is 122 Å². The van der Waals surface area contributed by atoms with Crippen LogP contribution in [0.4, 0.5) is 4.79 Å². The number of sulfonamides is 1. The van der Waals surface area contributed by atoms with Crippen molar-refractivity contribution in [2.75, 3.05) is 20.7 Å². The average molecular weight is 426 g/mol. The summed E-state index contributed by atoms with van der Waals surface area (Å²) in [6.07, 6.45) is 4.05. The quantitative estimate of drug-likeness (QED) is 0.666. The Morgan fingerprint density at radius 2 is 1.86 bits per heavy atom. The second kappa shape index (κ2) is 9.84. The van der Waals surface area contributed by atoms with Crippen molar-refractivity contribution in [3.8, 4) is 0 Å². The molecule has 29 heavy (non-hydrogen) atoms. The summed E-state index contributed by atoms with van der Waals surface area (Å²) in [7, 11) is -0.948. The third-order valence-corrected chi connectivity index (χ3v) is 6.67. The zero-order valence-corrected chi connectivity index (χ0v) is 17.6. The fourth-order valence-corrected chi connectivity index (χ4v) is 4.05. The van der Waals surface area contributed by atoms with E-state index >= 15 is 0 Å². The van der Waals surface area contributed by atoms with E-state index in [2.05, 4.69) is 17.6 Å². The van der Waals surface area contributed by atoms with Crippen molar-refractivity contribution >= 4 is 27.9 Å². The van der Waals surface area contributed by atoms with E-state index in [0.717, 1.165) is 30.0 Å². The summed E-state index contributed by atoms with van der Waals surface area (Å²) < 4.78 is 30.2. The van der Waals surface area contributed by atoms with Crippen molar-refractivity contribution in [3.63, 3.8) is 0 Å². The molecule has 0 bridgehead atoms. The van der Waals surface area contributed by atoms with Gasteiger partial charge in [-0.3, -0.25) is 10.1 Å². The number of rotatable bonds is 6. The predicted octanol–water partition coefficient (Wildman–Crippen LogP) is 1.50. The van der Waals surface area contributed by atoms with Gasteiger partial charge in [0.1, 0.15) is 0 Å². The summed E-state index contributed by atoms with van der Waals surface area (Å²) in [5, 5.41) is 4.91. The molecule has 0 radical (unpaired) electrons. The lowest BCUT2D eigenvalue weighted by Crippen LogP contribution is -2.48. The molecule has 0 saturated heterocycles. The molecule has 160 valence electrons. The molecule has 1 fully saturated rings. The van der Waals surface area contributed by atoms with E-state index < -0.39 is 34.5 Å². The summed E-state index contributed by atoms with van der Waals surface area (Å²) in [5.41, 5.74) is -0.0128. The van der Waals surface area contributed by atoms with E-state index in [9.17, 15) is 22.8 Å². The average Bonchev–Trinajstić information content (AvgIpc) is 2.67. The molecule has 0 aromatic heterocycles. The molecular weight excluding hydrogens is 398 g/mol. The summed E-state index contributed by atoms with van der Waals surface area (Å²) in [4.78, 5) is 35.9. The molecule has 1 aliphatic rings. The minimum absolute atomic E-state index is 0.0128. The Morgan fingerprint density at radius 1 is 1.17 bits per heavy atom. The molecule has 1 aliphatic carbocycles. The zero-order chi connectivity index (χ0) is 21.6. The Morgan fingerprint density at radius 3 is 2.52 bits per heavy atom. The largest absolute Gasteiger partial charge is 0.452 e.